The molecule has 1 aliphatic carbocycles. The van der Waals surface area contributed by atoms with Crippen molar-refractivity contribution in [3.8, 4) is 0 Å². The van der Waals surface area contributed by atoms with Crippen molar-refractivity contribution >= 4 is 11.8 Å². The molecule has 2 heteroatoms. The maximum atomic E-state index is 3.72. The highest BCUT2D eigenvalue weighted by Gasteiger charge is 2.19. The molecule has 106 valence electrons. The molecule has 19 heavy (non-hydrogen) atoms. The molecule has 3 unspecified atom stereocenters. The fourth-order valence-electron chi connectivity index (χ4n) is 3.10. The molecule has 2 rings (SSSR count). The van der Waals surface area contributed by atoms with Crippen molar-refractivity contribution in [2.45, 2.75) is 50.5 Å². The van der Waals surface area contributed by atoms with E-state index in [-0.39, 0.29) is 0 Å². The molecule has 1 N–H and O–H groups in total. The quantitative estimate of drug-likeness (QED) is 0.769. The zero-order valence-corrected chi connectivity index (χ0v) is 13.3. The second-order valence-corrected chi connectivity index (χ2v) is 6.92. The standard InChI is InChI=1S/C17H27NS/c1-13-5-4-6-15(11-13)12-18-14(2)16-7-9-17(19-3)10-8-16/h7-10,13-15,18H,4-6,11-12H2,1-3H3. The smallest absolute Gasteiger partial charge is 0.0291 e. The molecule has 0 aliphatic heterocycles. The molecule has 3 atom stereocenters. The van der Waals surface area contributed by atoms with E-state index in [9.17, 15) is 0 Å². The summed E-state index contributed by atoms with van der Waals surface area (Å²) in [5.74, 6) is 1.81. The lowest BCUT2D eigenvalue weighted by Gasteiger charge is -2.28. The Bertz CT molecular complexity index is 373. The Morgan fingerprint density at radius 2 is 2.00 bits per heavy atom. The molecule has 1 aliphatic rings. The predicted molar refractivity (Wildman–Crippen MR) is 85.8 cm³/mol. The van der Waals surface area contributed by atoms with Crippen LogP contribution in [-0.2, 0) is 0 Å². The average molecular weight is 277 g/mol. The van der Waals surface area contributed by atoms with E-state index in [4.69, 9.17) is 0 Å². The van der Waals surface area contributed by atoms with Gasteiger partial charge in [-0.1, -0.05) is 31.9 Å². The first kappa shape index (κ1) is 14.9. The first-order chi connectivity index (χ1) is 9.19. The van der Waals surface area contributed by atoms with E-state index in [2.05, 4.69) is 49.7 Å². The molecule has 1 aromatic rings. The van der Waals surface area contributed by atoms with Crippen LogP contribution >= 0.6 is 11.8 Å². The Hall–Kier alpha value is -0.470. The molecule has 0 spiro atoms. The summed E-state index contributed by atoms with van der Waals surface area (Å²) < 4.78 is 0. The molecule has 0 heterocycles. The molecule has 0 bridgehead atoms. The minimum absolute atomic E-state index is 0.466. The number of hydrogen-bond acceptors (Lipinski definition) is 2. The molecular formula is C17H27NS. The van der Waals surface area contributed by atoms with Crippen molar-refractivity contribution in [1.82, 2.24) is 5.32 Å². The zero-order chi connectivity index (χ0) is 13.7. The fourth-order valence-corrected chi connectivity index (χ4v) is 3.51. The van der Waals surface area contributed by atoms with Gasteiger partial charge >= 0.3 is 0 Å². The van der Waals surface area contributed by atoms with Gasteiger partial charge in [-0.2, -0.15) is 0 Å². The molecule has 0 aromatic heterocycles. The van der Waals surface area contributed by atoms with Gasteiger partial charge in [0.2, 0.25) is 0 Å². The van der Waals surface area contributed by atoms with E-state index in [1.54, 1.807) is 11.8 Å². The Morgan fingerprint density at radius 1 is 1.26 bits per heavy atom. The highest BCUT2D eigenvalue weighted by Crippen LogP contribution is 2.28. The molecule has 0 amide bonds. The molecule has 0 radical (unpaired) electrons. The molecule has 1 saturated carbocycles. The van der Waals surface area contributed by atoms with Crippen LogP contribution in [0.4, 0.5) is 0 Å². The first-order valence-corrected chi connectivity index (χ1v) is 8.79. The second kappa shape index (κ2) is 7.35. The van der Waals surface area contributed by atoms with Crippen LogP contribution in [0.15, 0.2) is 29.2 Å². The van der Waals surface area contributed by atoms with Crippen molar-refractivity contribution in [3.05, 3.63) is 29.8 Å². The highest BCUT2D eigenvalue weighted by atomic mass is 32.2. The lowest BCUT2D eigenvalue weighted by atomic mass is 9.82. The van der Waals surface area contributed by atoms with Gasteiger partial charge in [0.25, 0.3) is 0 Å². The summed E-state index contributed by atoms with van der Waals surface area (Å²) in [5.41, 5.74) is 1.40. The minimum atomic E-state index is 0.466. The van der Waals surface area contributed by atoms with Gasteiger partial charge in [-0.05, 0) is 62.1 Å². The number of rotatable bonds is 5. The Morgan fingerprint density at radius 3 is 2.63 bits per heavy atom. The van der Waals surface area contributed by atoms with E-state index in [1.165, 1.54) is 42.7 Å². The maximum absolute atomic E-state index is 3.72. The fraction of sp³-hybridized carbons (Fsp3) is 0.647. The molecule has 0 saturated heterocycles. The van der Waals surface area contributed by atoms with Crippen molar-refractivity contribution in [2.75, 3.05) is 12.8 Å². The van der Waals surface area contributed by atoms with Gasteiger partial charge in [0, 0.05) is 10.9 Å². The van der Waals surface area contributed by atoms with Gasteiger partial charge in [0.05, 0.1) is 0 Å². The van der Waals surface area contributed by atoms with E-state index >= 15 is 0 Å². The monoisotopic (exact) mass is 277 g/mol. The summed E-state index contributed by atoms with van der Waals surface area (Å²) in [6.07, 6.45) is 7.80. The van der Waals surface area contributed by atoms with Crippen LogP contribution in [0, 0.1) is 11.8 Å². The topological polar surface area (TPSA) is 12.0 Å². The normalized spacial score (nSPS) is 25.2. The van der Waals surface area contributed by atoms with Gasteiger partial charge in [-0.3, -0.25) is 0 Å². The SMILES string of the molecule is CSc1ccc(C(C)NCC2CCCC(C)C2)cc1. The van der Waals surface area contributed by atoms with Crippen LogP contribution < -0.4 is 5.32 Å². The number of thioether (sulfide) groups is 1. The predicted octanol–water partition coefficient (Wildman–Crippen LogP) is 4.89. The summed E-state index contributed by atoms with van der Waals surface area (Å²) in [5, 5.41) is 3.72. The van der Waals surface area contributed by atoms with Crippen molar-refractivity contribution in [2.24, 2.45) is 11.8 Å². The van der Waals surface area contributed by atoms with E-state index in [0.717, 1.165) is 11.8 Å². The maximum Gasteiger partial charge on any atom is 0.0291 e. The van der Waals surface area contributed by atoms with Crippen molar-refractivity contribution in [1.29, 1.82) is 0 Å². The summed E-state index contributed by atoms with van der Waals surface area (Å²) in [6.45, 7) is 5.85. The molecule has 1 aromatic carbocycles. The highest BCUT2D eigenvalue weighted by molar-refractivity contribution is 7.98. The number of hydrogen-bond donors (Lipinski definition) is 1. The van der Waals surface area contributed by atoms with Crippen LogP contribution in [0.5, 0.6) is 0 Å². The summed E-state index contributed by atoms with van der Waals surface area (Å²) in [7, 11) is 0. The van der Waals surface area contributed by atoms with E-state index in [1.807, 2.05) is 0 Å². The van der Waals surface area contributed by atoms with Crippen LogP contribution in [0.25, 0.3) is 0 Å². The van der Waals surface area contributed by atoms with Gasteiger partial charge in [0.15, 0.2) is 0 Å². The third-order valence-electron chi connectivity index (χ3n) is 4.37. The Kier molecular flexibility index (Phi) is 5.77. The molecule has 1 nitrogen and oxygen atoms in total. The van der Waals surface area contributed by atoms with Crippen LogP contribution in [0.3, 0.4) is 0 Å². The first-order valence-electron chi connectivity index (χ1n) is 7.56. The van der Waals surface area contributed by atoms with Gasteiger partial charge in [0.1, 0.15) is 0 Å². The van der Waals surface area contributed by atoms with Crippen LogP contribution in [-0.4, -0.2) is 12.8 Å². The lowest BCUT2D eigenvalue weighted by molar-refractivity contribution is 0.268. The van der Waals surface area contributed by atoms with Gasteiger partial charge < -0.3 is 5.32 Å². The lowest BCUT2D eigenvalue weighted by Crippen LogP contribution is -2.28. The minimum Gasteiger partial charge on any atom is -0.310 e. The molecular weight excluding hydrogens is 250 g/mol. The average Bonchev–Trinajstić information content (AvgIpc) is 2.45. The van der Waals surface area contributed by atoms with Crippen LogP contribution in [0.1, 0.15) is 51.1 Å². The third kappa shape index (κ3) is 4.54. The van der Waals surface area contributed by atoms with Crippen LogP contribution in [0.2, 0.25) is 0 Å². The Balaban J connectivity index is 1.81. The van der Waals surface area contributed by atoms with Crippen molar-refractivity contribution < 1.29 is 0 Å². The molecule has 1 fully saturated rings. The number of nitrogens with one attached hydrogen (secondary N) is 1. The van der Waals surface area contributed by atoms with Gasteiger partial charge in [-0.15, -0.1) is 11.8 Å². The Labute approximate surface area is 122 Å². The van der Waals surface area contributed by atoms with E-state index < -0.39 is 0 Å². The van der Waals surface area contributed by atoms with Crippen molar-refractivity contribution in [3.63, 3.8) is 0 Å². The summed E-state index contributed by atoms with van der Waals surface area (Å²) in [4.78, 5) is 1.34. The second-order valence-electron chi connectivity index (χ2n) is 6.04. The summed E-state index contributed by atoms with van der Waals surface area (Å²) in [6, 6.07) is 9.43. The largest absolute Gasteiger partial charge is 0.310 e. The van der Waals surface area contributed by atoms with E-state index in [0.29, 0.717) is 6.04 Å². The number of benzene rings is 1. The van der Waals surface area contributed by atoms with Gasteiger partial charge in [-0.25, -0.2) is 0 Å². The summed E-state index contributed by atoms with van der Waals surface area (Å²) >= 11 is 1.81. The zero-order valence-electron chi connectivity index (χ0n) is 12.5. The third-order valence-corrected chi connectivity index (χ3v) is 5.12.